The number of amides is 1. The first-order chi connectivity index (χ1) is 11.8. The molecule has 0 aliphatic carbocycles. The third-order valence-electron chi connectivity index (χ3n) is 3.56. The Morgan fingerprint density at radius 1 is 1.12 bits per heavy atom. The summed E-state index contributed by atoms with van der Waals surface area (Å²) in [4.78, 5) is 26.3. The van der Waals surface area contributed by atoms with E-state index in [9.17, 15) is 9.59 Å². The third-order valence-corrected chi connectivity index (χ3v) is 3.56. The molecule has 0 spiro atoms. The van der Waals surface area contributed by atoms with Crippen molar-refractivity contribution >= 4 is 12.1 Å². The number of aryl methyl sites for hydroxylation is 1. The average Bonchev–Trinajstić information content (AvgIpc) is 2.56. The molecule has 0 saturated heterocycles. The number of rotatable bonds is 8. The minimum Gasteiger partial charge on any atom is -0.467 e. The number of hydrogen-bond acceptors (Lipinski definition) is 5. The number of methoxy groups -OCH3 is 2. The van der Waals surface area contributed by atoms with E-state index in [0.29, 0.717) is 19.4 Å². The fraction of sp³-hybridized carbons (Fsp3) is 0.579. The number of carbonyl (C=O) groups is 2. The largest absolute Gasteiger partial charge is 0.467 e. The van der Waals surface area contributed by atoms with E-state index < -0.39 is 23.7 Å². The molecule has 0 fully saturated rings. The van der Waals surface area contributed by atoms with Crippen molar-refractivity contribution in [3.63, 3.8) is 0 Å². The summed E-state index contributed by atoms with van der Waals surface area (Å²) in [7, 11) is 2.87. The maximum atomic E-state index is 12.6. The van der Waals surface area contributed by atoms with Crippen molar-refractivity contribution in [1.29, 1.82) is 0 Å². The number of esters is 1. The molecule has 0 radical (unpaired) electrons. The van der Waals surface area contributed by atoms with Crippen LogP contribution in [0.5, 0.6) is 0 Å². The summed E-state index contributed by atoms with van der Waals surface area (Å²) in [6, 6.07) is 9.07. The van der Waals surface area contributed by atoms with Gasteiger partial charge in [-0.25, -0.2) is 9.59 Å². The van der Waals surface area contributed by atoms with Crippen molar-refractivity contribution in [2.45, 2.75) is 45.3 Å². The Bertz CT molecular complexity index is 538. The van der Waals surface area contributed by atoms with E-state index in [0.717, 1.165) is 5.56 Å². The maximum absolute atomic E-state index is 12.6. The smallest absolute Gasteiger partial charge is 0.411 e. The molecule has 1 amide bonds. The van der Waals surface area contributed by atoms with Gasteiger partial charge in [0.1, 0.15) is 11.6 Å². The summed E-state index contributed by atoms with van der Waals surface area (Å²) >= 11 is 0. The first-order valence-corrected chi connectivity index (χ1v) is 8.38. The van der Waals surface area contributed by atoms with Crippen molar-refractivity contribution < 1.29 is 23.8 Å². The van der Waals surface area contributed by atoms with E-state index in [1.54, 1.807) is 27.9 Å². The van der Waals surface area contributed by atoms with Crippen molar-refractivity contribution in [3.05, 3.63) is 35.9 Å². The van der Waals surface area contributed by atoms with Crippen LogP contribution >= 0.6 is 0 Å². The van der Waals surface area contributed by atoms with Crippen LogP contribution in [0.25, 0.3) is 0 Å². The number of ether oxygens (including phenoxy) is 3. The Morgan fingerprint density at radius 2 is 1.76 bits per heavy atom. The van der Waals surface area contributed by atoms with Crippen LogP contribution in [0.1, 0.15) is 32.8 Å². The highest BCUT2D eigenvalue weighted by atomic mass is 16.6. The summed E-state index contributed by atoms with van der Waals surface area (Å²) in [5.41, 5.74) is 0.440. The Hall–Kier alpha value is -2.08. The van der Waals surface area contributed by atoms with Gasteiger partial charge in [0.25, 0.3) is 0 Å². The van der Waals surface area contributed by atoms with Gasteiger partial charge < -0.3 is 14.2 Å². The second kappa shape index (κ2) is 10.0. The lowest BCUT2D eigenvalue weighted by Gasteiger charge is -2.32. The Balaban J connectivity index is 2.94. The fourth-order valence-corrected chi connectivity index (χ4v) is 2.37. The van der Waals surface area contributed by atoms with Crippen LogP contribution in [0, 0.1) is 0 Å². The van der Waals surface area contributed by atoms with Gasteiger partial charge in [-0.3, -0.25) is 4.90 Å². The summed E-state index contributed by atoms with van der Waals surface area (Å²) in [5, 5.41) is 0. The number of hydrogen-bond donors (Lipinski definition) is 0. The van der Waals surface area contributed by atoms with Crippen LogP contribution in [-0.2, 0) is 25.4 Å². The van der Waals surface area contributed by atoms with Crippen molar-refractivity contribution in [2.75, 3.05) is 27.4 Å². The molecule has 6 nitrogen and oxygen atoms in total. The van der Waals surface area contributed by atoms with E-state index >= 15 is 0 Å². The Labute approximate surface area is 150 Å². The molecule has 0 saturated carbocycles. The van der Waals surface area contributed by atoms with Gasteiger partial charge in [0.05, 0.1) is 13.7 Å². The van der Waals surface area contributed by atoms with E-state index in [-0.39, 0.29) is 6.54 Å². The van der Waals surface area contributed by atoms with Gasteiger partial charge in [0.15, 0.2) is 0 Å². The monoisotopic (exact) mass is 351 g/mol. The minimum atomic E-state index is -0.727. The molecule has 0 unspecified atom stereocenters. The van der Waals surface area contributed by atoms with Crippen LogP contribution in [-0.4, -0.2) is 56.0 Å². The SMILES string of the molecule is COCCN(C(=O)OC(C)(C)C)[C@H](CCc1ccccc1)C(=O)OC. The number of nitrogens with zero attached hydrogens (tertiary/aromatic N) is 1. The van der Waals surface area contributed by atoms with Gasteiger partial charge in [0, 0.05) is 13.7 Å². The van der Waals surface area contributed by atoms with E-state index in [1.807, 2.05) is 30.3 Å². The predicted molar refractivity (Wildman–Crippen MR) is 95.4 cm³/mol. The first-order valence-electron chi connectivity index (χ1n) is 8.38. The second-order valence-corrected chi connectivity index (χ2v) is 6.73. The summed E-state index contributed by atoms with van der Waals surface area (Å²) in [6.45, 7) is 5.92. The van der Waals surface area contributed by atoms with Gasteiger partial charge in [0.2, 0.25) is 0 Å². The molecular formula is C19H29NO5. The van der Waals surface area contributed by atoms with E-state index in [1.165, 1.54) is 12.0 Å². The molecule has 140 valence electrons. The van der Waals surface area contributed by atoms with Gasteiger partial charge in [-0.1, -0.05) is 30.3 Å². The maximum Gasteiger partial charge on any atom is 0.411 e. The number of benzene rings is 1. The van der Waals surface area contributed by atoms with Crippen LogP contribution < -0.4 is 0 Å². The van der Waals surface area contributed by atoms with E-state index in [2.05, 4.69) is 0 Å². The molecule has 0 bridgehead atoms. The van der Waals surface area contributed by atoms with Crippen molar-refractivity contribution in [1.82, 2.24) is 4.90 Å². The van der Waals surface area contributed by atoms with Crippen LogP contribution in [0.3, 0.4) is 0 Å². The second-order valence-electron chi connectivity index (χ2n) is 6.73. The summed E-state index contributed by atoms with van der Waals surface area (Å²) in [6.07, 6.45) is 0.542. The quantitative estimate of drug-likeness (QED) is 0.674. The Kier molecular flexibility index (Phi) is 8.41. The number of carbonyl (C=O) groups excluding carboxylic acids is 2. The van der Waals surface area contributed by atoms with Gasteiger partial charge in [-0.15, -0.1) is 0 Å². The fourth-order valence-electron chi connectivity index (χ4n) is 2.37. The zero-order valence-electron chi connectivity index (χ0n) is 15.8. The molecule has 1 aromatic carbocycles. The molecule has 0 aromatic heterocycles. The van der Waals surface area contributed by atoms with Gasteiger partial charge in [-0.05, 0) is 39.2 Å². The lowest BCUT2D eigenvalue weighted by atomic mass is 10.0. The third kappa shape index (κ3) is 7.56. The molecule has 0 heterocycles. The molecule has 1 rings (SSSR count). The molecule has 6 heteroatoms. The molecular weight excluding hydrogens is 322 g/mol. The van der Waals surface area contributed by atoms with E-state index in [4.69, 9.17) is 14.2 Å². The molecule has 25 heavy (non-hydrogen) atoms. The van der Waals surface area contributed by atoms with Crippen molar-refractivity contribution in [2.24, 2.45) is 0 Å². The van der Waals surface area contributed by atoms with Crippen LogP contribution in [0.2, 0.25) is 0 Å². The lowest BCUT2D eigenvalue weighted by molar-refractivity contribution is -0.147. The standard InChI is InChI=1S/C19H29NO5/c1-19(2,3)25-18(22)20(13-14-23-4)16(17(21)24-5)12-11-15-9-7-6-8-10-15/h6-10,16H,11-14H2,1-5H3/t16-/m1/s1. The normalized spacial score (nSPS) is 12.4. The van der Waals surface area contributed by atoms with Crippen LogP contribution in [0.4, 0.5) is 4.79 Å². The summed E-state index contributed by atoms with van der Waals surface area (Å²) in [5.74, 6) is -0.460. The zero-order valence-corrected chi connectivity index (χ0v) is 15.8. The molecule has 0 aliphatic heterocycles. The molecule has 0 aliphatic rings. The molecule has 1 atom stereocenters. The lowest BCUT2D eigenvalue weighted by Crippen LogP contribution is -2.49. The van der Waals surface area contributed by atoms with Gasteiger partial charge >= 0.3 is 12.1 Å². The average molecular weight is 351 g/mol. The van der Waals surface area contributed by atoms with Crippen molar-refractivity contribution in [3.8, 4) is 0 Å². The highest BCUT2D eigenvalue weighted by Crippen LogP contribution is 2.16. The highest BCUT2D eigenvalue weighted by Gasteiger charge is 2.33. The molecule has 0 N–H and O–H groups in total. The topological polar surface area (TPSA) is 65.1 Å². The van der Waals surface area contributed by atoms with Crippen LogP contribution in [0.15, 0.2) is 30.3 Å². The molecule has 1 aromatic rings. The minimum absolute atomic E-state index is 0.250. The summed E-state index contributed by atoms with van der Waals surface area (Å²) < 4.78 is 15.4. The van der Waals surface area contributed by atoms with Gasteiger partial charge in [-0.2, -0.15) is 0 Å². The zero-order chi connectivity index (χ0) is 18.9. The highest BCUT2D eigenvalue weighted by molar-refractivity contribution is 5.81. The Morgan fingerprint density at radius 3 is 2.28 bits per heavy atom. The predicted octanol–water partition coefficient (Wildman–Crippen LogP) is 3.04. The first kappa shape index (κ1) is 21.0.